The third kappa shape index (κ3) is 2.81. The van der Waals surface area contributed by atoms with Crippen LogP contribution in [0.4, 0.5) is 5.69 Å². The van der Waals surface area contributed by atoms with Gasteiger partial charge in [-0.2, -0.15) is 5.10 Å². The molecule has 1 heterocycles. The van der Waals surface area contributed by atoms with Gasteiger partial charge in [-0.3, -0.25) is 5.10 Å². The molecule has 0 fully saturated rings. The number of para-hydroxylation sites is 2. The molecule has 0 saturated heterocycles. The zero-order chi connectivity index (χ0) is 15.4. The number of nitrogen functional groups attached to an aromatic ring is 1. The number of aromatic amines is 1. The second-order valence-corrected chi connectivity index (χ2v) is 5.10. The van der Waals surface area contributed by atoms with E-state index in [4.69, 9.17) is 10.5 Å². The van der Waals surface area contributed by atoms with E-state index in [2.05, 4.69) is 17.1 Å². The number of nitrogens with zero attached hydrogens (tertiary/aromatic N) is 1. The highest BCUT2D eigenvalue weighted by Gasteiger charge is 2.11. The van der Waals surface area contributed by atoms with Crippen molar-refractivity contribution in [3.63, 3.8) is 0 Å². The van der Waals surface area contributed by atoms with Gasteiger partial charge in [0.25, 0.3) is 0 Å². The maximum absolute atomic E-state index is 6.02. The van der Waals surface area contributed by atoms with Crippen molar-refractivity contribution in [2.45, 2.75) is 13.3 Å². The second-order valence-electron chi connectivity index (χ2n) is 5.10. The summed E-state index contributed by atoms with van der Waals surface area (Å²) in [4.78, 5) is 0. The summed E-state index contributed by atoms with van der Waals surface area (Å²) in [5.74, 6) is 0.850. The van der Waals surface area contributed by atoms with E-state index in [1.165, 1.54) is 0 Å². The number of hydrogen-bond acceptors (Lipinski definition) is 3. The lowest BCUT2D eigenvalue weighted by Gasteiger charge is -2.08. The van der Waals surface area contributed by atoms with Crippen LogP contribution in [0.1, 0.15) is 13.3 Å². The summed E-state index contributed by atoms with van der Waals surface area (Å²) >= 11 is 0. The topological polar surface area (TPSA) is 63.9 Å². The number of ether oxygens (including phenoxy) is 1. The first kappa shape index (κ1) is 14.2. The SMILES string of the molecule is CCCOc1ccccc1-c1cc(-c2ccccc2N)[nH]n1. The lowest BCUT2D eigenvalue weighted by Crippen LogP contribution is -1.96. The van der Waals surface area contributed by atoms with E-state index in [1.54, 1.807) is 0 Å². The Hall–Kier alpha value is -2.75. The van der Waals surface area contributed by atoms with Gasteiger partial charge < -0.3 is 10.5 Å². The molecular formula is C18H19N3O. The zero-order valence-electron chi connectivity index (χ0n) is 12.5. The fourth-order valence-electron chi connectivity index (χ4n) is 2.36. The summed E-state index contributed by atoms with van der Waals surface area (Å²) in [6.45, 7) is 2.79. The van der Waals surface area contributed by atoms with Crippen molar-refractivity contribution in [3.05, 3.63) is 54.6 Å². The van der Waals surface area contributed by atoms with E-state index in [0.29, 0.717) is 6.61 Å². The summed E-state index contributed by atoms with van der Waals surface area (Å²) in [5.41, 5.74) is 10.4. The van der Waals surface area contributed by atoms with E-state index >= 15 is 0 Å². The van der Waals surface area contributed by atoms with Crippen LogP contribution < -0.4 is 10.5 Å². The average molecular weight is 293 g/mol. The van der Waals surface area contributed by atoms with Crippen LogP contribution in [0.15, 0.2) is 54.6 Å². The quantitative estimate of drug-likeness (QED) is 0.696. The molecular weight excluding hydrogens is 274 g/mol. The summed E-state index contributed by atoms with van der Waals surface area (Å²) < 4.78 is 5.80. The van der Waals surface area contributed by atoms with Gasteiger partial charge in [0, 0.05) is 16.8 Å². The second kappa shape index (κ2) is 6.35. The molecule has 3 N–H and O–H groups in total. The zero-order valence-corrected chi connectivity index (χ0v) is 12.5. The normalized spacial score (nSPS) is 10.6. The van der Waals surface area contributed by atoms with Gasteiger partial charge in [-0.05, 0) is 30.7 Å². The molecule has 4 heteroatoms. The lowest BCUT2D eigenvalue weighted by molar-refractivity contribution is 0.318. The maximum atomic E-state index is 6.02. The minimum absolute atomic E-state index is 0.694. The fraction of sp³-hybridized carbons (Fsp3) is 0.167. The van der Waals surface area contributed by atoms with Crippen LogP contribution in [-0.4, -0.2) is 16.8 Å². The number of rotatable bonds is 5. The molecule has 0 aliphatic rings. The molecule has 0 radical (unpaired) electrons. The minimum Gasteiger partial charge on any atom is -0.493 e. The largest absolute Gasteiger partial charge is 0.493 e. The molecule has 0 bridgehead atoms. The molecule has 0 saturated carbocycles. The molecule has 0 amide bonds. The third-order valence-electron chi connectivity index (χ3n) is 3.45. The molecule has 0 spiro atoms. The predicted octanol–water partition coefficient (Wildman–Crippen LogP) is 4.11. The van der Waals surface area contributed by atoms with Crippen molar-refractivity contribution >= 4 is 5.69 Å². The van der Waals surface area contributed by atoms with Gasteiger partial charge in [-0.25, -0.2) is 0 Å². The number of anilines is 1. The molecule has 0 unspecified atom stereocenters. The van der Waals surface area contributed by atoms with Crippen molar-refractivity contribution in [3.8, 4) is 28.3 Å². The molecule has 0 atom stereocenters. The van der Waals surface area contributed by atoms with Gasteiger partial charge in [0.1, 0.15) is 5.75 Å². The number of nitrogens with one attached hydrogen (secondary N) is 1. The molecule has 22 heavy (non-hydrogen) atoms. The van der Waals surface area contributed by atoms with Crippen molar-refractivity contribution in [2.75, 3.05) is 12.3 Å². The van der Waals surface area contributed by atoms with Gasteiger partial charge in [0.15, 0.2) is 0 Å². The number of benzene rings is 2. The number of hydrogen-bond donors (Lipinski definition) is 2. The molecule has 0 aliphatic carbocycles. The van der Waals surface area contributed by atoms with Crippen molar-refractivity contribution in [1.29, 1.82) is 0 Å². The van der Waals surface area contributed by atoms with E-state index in [1.807, 2.05) is 54.6 Å². The average Bonchev–Trinajstić information content (AvgIpc) is 3.03. The van der Waals surface area contributed by atoms with E-state index in [9.17, 15) is 0 Å². The first-order chi connectivity index (χ1) is 10.8. The molecule has 0 aliphatic heterocycles. The Morgan fingerprint density at radius 2 is 1.77 bits per heavy atom. The minimum atomic E-state index is 0.694. The van der Waals surface area contributed by atoms with Crippen LogP contribution in [-0.2, 0) is 0 Å². The molecule has 3 aromatic rings. The van der Waals surface area contributed by atoms with Gasteiger partial charge >= 0.3 is 0 Å². The smallest absolute Gasteiger partial charge is 0.128 e. The van der Waals surface area contributed by atoms with Gasteiger partial charge in [0.05, 0.1) is 18.0 Å². The number of H-pyrrole nitrogens is 1. The highest BCUT2D eigenvalue weighted by molar-refractivity contribution is 5.77. The Balaban J connectivity index is 1.96. The molecule has 4 nitrogen and oxygen atoms in total. The monoisotopic (exact) mass is 293 g/mol. The van der Waals surface area contributed by atoms with Gasteiger partial charge in [0.2, 0.25) is 0 Å². The molecule has 3 rings (SSSR count). The highest BCUT2D eigenvalue weighted by atomic mass is 16.5. The highest BCUT2D eigenvalue weighted by Crippen LogP contribution is 2.32. The summed E-state index contributed by atoms with van der Waals surface area (Å²) in [7, 11) is 0. The summed E-state index contributed by atoms with van der Waals surface area (Å²) in [6, 6.07) is 17.7. The van der Waals surface area contributed by atoms with Crippen molar-refractivity contribution in [1.82, 2.24) is 10.2 Å². The standard InChI is InChI=1S/C18H19N3O/c1-2-11-22-18-10-6-4-8-14(18)17-12-16(20-21-17)13-7-3-5-9-15(13)19/h3-10,12H,2,11,19H2,1H3,(H,20,21). The Labute approximate surface area is 129 Å². The Kier molecular flexibility index (Phi) is 4.10. The van der Waals surface area contributed by atoms with Crippen LogP contribution in [0.5, 0.6) is 5.75 Å². The molecule has 2 aromatic carbocycles. The molecule has 1 aromatic heterocycles. The summed E-state index contributed by atoms with van der Waals surface area (Å²) in [6.07, 6.45) is 0.973. The maximum Gasteiger partial charge on any atom is 0.128 e. The Bertz CT molecular complexity index is 764. The van der Waals surface area contributed by atoms with Gasteiger partial charge in [-0.1, -0.05) is 37.3 Å². The Morgan fingerprint density at radius 3 is 2.55 bits per heavy atom. The first-order valence-electron chi connectivity index (χ1n) is 7.42. The van der Waals surface area contributed by atoms with E-state index in [-0.39, 0.29) is 0 Å². The van der Waals surface area contributed by atoms with Crippen LogP contribution in [0.3, 0.4) is 0 Å². The van der Waals surface area contributed by atoms with E-state index in [0.717, 1.165) is 40.4 Å². The van der Waals surface area contributed by atoms with Crippen molar-refractivity contribution in [2.24, 2.45) is 0 Å². The lowest BCUT2D eigenvalue weighted by atomic mass is 10.1. The van der Waals surface area contributed by atoms with Gasteiger partial charge in [-0.15, -0.1) is 0 Å². The van der Waals surface area contributed by atoms with Crippen LogP contribution in [0.2, 0.25) is 0 Å². The van der Waals surface area contributed by atoms with E-state index < -0.39 is 0 Å². The Morgan fingerprint density at radius 1 is 1.05 bits per heavy atom. The number of aromatic nitrogens is 2. The predicted molar refractivity (Wildman–Crippen MR) is 89.7 cm³/mol. The van der Waals surface area contributed by atoms with Crippen molar-refractivity contribution < 1.29 is 4.74 Å². The third-order valence-corrected chi connectivity index (χ3v) is 3.45. The van der Waals surface area contributed by atoms with Crippen LogP contribution in [0, 0.1) is 0 Å². The van der Waals surface area contributed by atoms with Crippen LogP contribution >= 0.6 is 0 Å². The first-order valence-corrected chi connectivity index (χ1v) is 7.42. The van der Waals surface area contributed by atoms with Crippen LogP contribution in [0.25, 0.3) is 22.5 Å². The molecule has 112 valence electrons. The number of nitrogens with two attached hydrogens (primary N) is 1. The summed E-state index contributed by atoms with van der Waals surface area (Å²) in [5, 5.41) is 7.47. The fourth-order valence-corrected chi connectivity index (χ4v) is 2.36.